The molecule has 3 rings (SSSR count). The zero-order chi connectivity index (χ0) is 17.0. The van der Waals surface area contributed by atoms with Crippen LogP contribution in [0.5, 0.6) is 0 Å². The van der Waals surface area contributed by atoms with Gasteiger partial charge in [-0.3, -0.25) is 9.69 Å². The third-order valence-electron chi connectivity index (χ3n) is 5.14. The molecule has 0 aromatic heterocycles. The first kappa shape index (κ1) is 17.4. The summed E-state index contributed by atoms with van der Waals surface area (Å²) in [5, 5.41) is 0. The fourth-order valence-corrected chi connectivity index (χ4v) is 3.83. The van der Waals surface area contributed by atoms with E-state index >= 15 is 0 Å². The molecule has 2 saturated heterocycles. The molecule has 1 spiro atoms. The van der Waals surface area contributed by atoms with Gasteiger partial charge in [-0.25, -0.2) is 0 Å². The van der Waals surface area contributed by atoms with Crippen LogP contribution in [0.25, 0.3) is 0 Å². The van der Waals surface area contributed by atoms with Gasteiger partial charge in [-0.1, -0.05) is 24.3 Å². The lowest BCUT2D eigenvalue weighted by molar-refractivity contribution is -0.128. The Morgan fingerprint density at radius 2 is 2.12 bits per heavy atom. The van der Waals surface area contributed by atoms with Crippen LogP contribution in [-0.2, 0) is 20.8 Å². The first-order chi connectivity index (χ1) is 11.6. The summed E-state index contributed by atoms with van der Waals surface area (Å²) in [5.41, 5.74) is 2.60. The predicted molar refractivity (Wildman–Crippen MR) is 92.8 cm³/mol. The molecule has 2 aliphatic heterocycles. The van der Waals surface area contributed by atoms with E-state index < -0.39 is 0 Å². The fraction of sp³-hybridized carbons (Fsp3) is 0.632. The van der Waals surface area contributed by atoms with Crippen LogP contribution in [0, 0.1) is 12.3 Å². The van der Waals surface area contributed by atoms with E-state index in [4.69, 9.17) is 9.47 Å². The number of carbonyl (C=O) groups is 1. The number of carbonyl (C=O) groups excluding carboxylic acids is 1. The number of aryl methyl sites for hydroxylation is 1. The summed E-state index contributed by atoms with van der Waals surface area (Å²) in [6.45, 7) is 8.37. The number of hydrogen-bond donors (Lipinski definition) is 0. The molecule has 5 nitrogen and oxygen atoms in total. The summed E-state index contributed by atoms with van der Waals surface area (Å²) >= 11 is 0. The molecule has 1 aromatic rings. The van der Waals surface area contributed by atoms with E-state index in [1.54, 1.807) is 7.11 Å². The number of nitrogens with zero attached hydrogens (tertiary/aromatic N) is 2. The molecule has 2 aliphatic rings. The fourth-order valence-electron chi connectivity index (χ4n) is 3.83. The van der Waals surface area contributed by atoms with Gasteiger partial charge in [0, 0.05) is 51.7 Å². The summed E-state index contributed by atoms with van der Waals surface area (Å²) in [7, 11) is 1.68. The van der Waals surface area contributed by atoms with Crippen LogP contribution in [0.1, 0.15) is 17.5 Å². The summed E-state index contributed by atoms with van der Waals surface area (Å²) in [4.78, 5) is 16.8. The van der Waals surface area contributed by atoms with Crippen molar-refractivity contribution < 1.29 is 14.3 Å². The molecular formula is C19H28N2O3. The first-order valence-electron chi connectivity index (χ1n) is 8.73. The van der Waals surface area contributed by atoms with Crippen molar-refractivity contribution in [3.8, 4) is 0 Å². The maximum atomic E-state index is 12.4. The van der Waals surface area contributed by atoms with Gasteiger partial charge in [0.25, 0.3) is 0 Å². The second kappa shape index (κ2) is 7.64. The number of hydrogen-bond acceptors (Lipinski definition) is 4. The van der Waals surface area contributed by atoms with Gasteiger partial charge < -0.3 is 14.4 Å². The van der Waals surface area contributed by atoms with Gasteiger partial charge in [0.1, 0.15) is 0 Å². The number of methoxy groups -OCH3 is 1. The Labute approximate surface area is 144 Å². The zero-order valence-corrected chi connectivity index (χ0v) is 14.8. The second-order valence-electron chi connectivity index (χ2n) is 7.17. The van der Waals surface area contributed by atoms with Gasteiger partial charge in [-0.15, -0.1) is 0 Å². The Bertz CT molecular complexity index is 577. The average molecular weight is 332 g/mol. The molecular weight excluding hydrogens is 304 g/mol. The number of likely N-dealkylation sites (tertiary alicyclic amines) is 1. The minimum atomic E-state index is -0.0794. The van der Waals surface area contributed by atoms with E-state index in [0.29, 0.717) is 26.2 Å². The third-order valence-corrected chi connectivity index (χ3v) is 5.14. The van der Waals surface area contributed by atoms with Crippen LogP contribution in [0.15, 0.2) is 24.3 Å². The van der Waals surface area contributed by atoms with Gasteiger partial charge >= 0.3 is 0 Å². The van der Waals surface area contributed by atoms with Crippen molar-refractivity contribution in [1.29, 1.82) is 0 Å². The predicted octanol–water partition coefficient (Wildman–Crippen LogP) is 1.69. The molecule has 24 heavy (non-hydrogen) atoms. The maximum Gasteiger partial charge on any atom is 0.223 e. The van der Waals surface area contributed by atoms with Gasteiger partial charge in [0.05, 0.1) is 19.8 Å². The molecule has 0 unspecified atom stereocenters. The van der Waals surface area contributed by atoms with Crippen LogP contribution in [-0.4, -0.2) is 68.8 Å². The van der Waals surface area contributed by atoms with Crippen molar-refractivity contribution in [1.82, 2.24) is 9.80 Å². The molecule has 1 atom stereocenters. The largest absolute Gasteiger partial charge is 0.383 e. The van der Waals surface area contributed by atoms with Gasteiger partial charge in [0.2, 0.25) is 5.91 Å². The van der Waals surface area contributed by atoms with Crippen molar-refractivity contribution in [3.05, 3.63) is 35.4 Å². The van der Waals surface area contributed by atoms with Gasteiger partial charge in [-0.2, -0.15) is 0 Å². The molecule has 0 saturated carbocycles. The molecule has 2 heterocycles. The minimum Gasteiger partial charge on any atom is -0.383 e. The highest BCUT2D eigenvalue weighted by Crippen LogP contribution is 2.34. The molecule has 1 aromatic carbocycles. The standard InChI is InChI=1S/C19H28N2O3/c1-16-5-3-4-6-17(16)12-20-7-10-24-15-19(13-20)11-18(22)21(14-19)8-9-23-2/h3-6H,7-15H2,1-2H3/t19-/m0/s1. The van der Waals surface area contributed by atoms with E-state index in [2.05, 4.69) is 36.1 Å². The normalized spacial score (nSPS) is 25.4. The Hall–Kier alpha value is -1.43. The molecule has 132 valence electrons. The molecule has 0 radical (unpaired) electrons. The van der Waals surface area contributed by atoms with Crippen LogP contribution < -0.4 is 0 Å². The number of rotatable bonds is 5. The van der Waals surface area contributed by atoms with E-state index in [1.165, 1.54) is 11.1 Å². The zero-order valence-electron chi connectivity index (χ0n) is 14.8. The van der Waals surface area contributed by atoms with E-state index in [-0.39, 0.29) is 11.3 Å². The highest BCUT2D eigenvalue weighted by Gasteiger charge is 2.45. The SMILES string of the molecule is COCCN1C[C@]2(COCCN(Cc3ccccc3C)C2)CC1=O. The number of ether oxygens (including phenoxy) is 2. The van der Waals surface area contributed by atoms with Crippen molar-refractivity contribution in [2.24, 2.45) is 5.41 Å². The Balaban J connectivity index is 1.69. The van der Waals surface area contributed by atoms with Crippen molar-refractivity contribution in [2.45, 2.75) is 19.9 Å². The van der Waals surface area contributed by atoms with Crippen LogP contribution >= 0.6 is 0 Å². The molecule has 0 N–H and O–H groups in total. The van der Waals surface area contributed by atoms with E-state index in [0.717, 1.165) is 32.8 Å². The summed E-state index contributed by atoms with van der Waals surface area (Å²) in [5.74, 6) is 0.230. The lowest BCUT2D eigenvalue weighted by Crippen LogP contribution is -2.41. The Morgan fingerprint density at radius 1 is 1.29 bits per heavy atom. The lowest BCUT2D eigenvalue weighted by atomic mass is 9.87. The van der Waals surface area contributed by atoms with Crippen LogP contribution in [0.2, 0.25) is 0 Å². The molecule has 0 aliphatic carbocycles. The molecule has 2 fully saturated rings. The van der Waals surface area contributed by atoms with Crippen molar-refractivity contribution in [3.63, 3.8) is 0 Å². The molecule has 0 bridgehead atoms. The monoisotopic (exact) mass is 332 g/mol. The highest BCUT2D eigenvalue weighted by molar-refractivity contribution is 5.79. The van der Waals surface area contributed by atoms with E-state index in [1.807, 2.05) is 4.90 Å². The molecule has 1 amide bonds. The van der Waals surface area contributed by atoms with Gasteiger partial charge in [-0.05, 0) is 18.1 Å². The smallest absolute Gasteiger partial charge is 0.223 e. The topological polar surface area (TPSA) is 42.0 Å². The van der Waals surface area contributed by atoms with Crippen LogP contribution in [0.3, 0.4) is 0 Å². The summed E-state index contributed by atoms with van der Waals surface area (Å²) in [6, 6.07) is 8.52. The lowest BCUT2D eigenvalue weighted by Gasteiger charge is -2.31. The minimum absolute atomic E-state index is 0.0794. The number of benzene rings is 1. The quantitative estimate of drug-likeness (QED) is 0.823. The first-order valence-corrected chi connectivity index (χ1v) is 8.73. The highest BCUT2D eigenvalue weighted by atomic mass is 16.5. The third kappa shape index (κ3) is 3.97. The Kier molecular flexibility index (Phi) is 5.54. The van der Waals surface area contributed by atoms with Crippen molar-refractivity contribution >= 4 is 5.91 Å². The molecule has 5 heteroatoms. The average Bonchev–Trinajstić information content (AvgIpc) is 2.74. The van der Waals surface area contributed by atoms with Crippen molar-refractivity contribution in [2.75, 3.05) is 53.1 Å². The van der Waals surface area contributed by atoms with Crippen LogP contribution in [0.4, 0.5) is 0 Å². The van der Waals surface area contributed by atoms with E-state index in [9.17, 15) is 4.79 Å². The summed E-state index contributed by atoms with van der Waals surface area (Å²) in [6.07, 6.45) is 0.584. The number of amides is 1. The van der Waals surface area contributed by atoms with Gasteiger partial charge in [0.15, 0.2) is 0 Å². The second-order valence-corrected chi connectivity index (χ2v) is 7.17. The maximum absolute atomic E-state index is 12.4. The summed E-state index contributed by atoms with van der Waals surface area (Å²) < 4.78 is 11.0. The Morgan fingerprint density at radius 3 is 2.92 bits per heavy atom.